The lowest BCUT2D eigenvalue weighted by Crippen LogP contribution is -2.32. The van der Waals surface area contributed by atoms with E-state index in [1.165, 1.54) is 0 Å². The van der Waals surface area contributed by atoms with Crippen LogP contribution in [0.2, 0.25) is 0 Å². The molecule has 8 nitrogen and oxygen atoms in total. The fourth-order valence-electron chi connectivity index (χ4n) is 2.22. The number of urea groups is 1. The predicted octanol–water partition coefficient (Wildman–Crippen LogP) is 1.49. The van der Waals surface area contributed by atoms with E-state index < -0.39 is 0 Å². The topological polar surface area (TPSA) is 107 Å². The third-order valence-corrected chi connectivity index (χ3v) is 3.36. The third-order valence-electron chi connectivity index (χ3n) is 3.36. The van der Waals surface area contributed by atoms with Gasteiger partial charge in [-0.1, -0.05) is 12.1 Å². The summed E-state index contributed by atoms with van der Waals surface area (Å²) in [6.45, 7) is 0.779. The molecule has 2 heterocycles. The number of carbonyl (C=O) groups excluding carboxylic acids is 1. The number of ether oxygens (including phenoxy) is 1. The molecule has 24 heavy (non-hydrogen) atoms. The number of imidazole rings is 1. The maximum atomic E-state index is 11.6. The van der Waals surface area contributed by atoms with Crippen LogP contribution in [0.4, 0.5) is 10.6 Å². The molecule has 0 atom stereocenters. The van der Waals surface area contributed by atoms with E-state index in [0.717, 1.165) is 17.0 Å². The van der Waals surface area contributed by atoms with Gasteiger partial charge in [-0.25, -0.2) is 14.3 Å². The average Bonchev–Trinajstić information content (AvgIpc) is 3.01. The van der Waals surface area contributed by atoms with E-state index in [4.69, 9.17) is 10.5 Å². The summed E-state index contributed by atoms with van der Waals surface area (Å²) in [5.74, 6) is 1.18. The van der Waals surface area contributed by atoms with Gasteiger partial charge >= 0.3 is 6.03 Å². The molecule has 2 amide bonds. The molecule has 0 spiro atoms. The molecule has 0 unspecified atom stereocenters. The average molecular weight is 326 g/mol. The number of nitrogens with one attached hydrogen (secondary N) is 2. The van der Waals surface area contributed by atoms with Crippen molar-refractivity contribution in [3.05, 3.63) is 42.6 Å². The minimum Gasteiger partial charge on any atom is -0.497 e. The Morgan fingerprint density at radius 2 is 2.21 bits per heavy atom. The number of nitrogens with two attached hydrogens (primary N) is 1. The first-order chi connectivity index (χ1) is 11.7. The van der Waals surface area contributed by atoms with Crippen molar-refractivity contribution in [3.8, 4) is 17.0 Å². The molecular weight excluding hydrogens is 308 g/mol. The fraction of sp³-hybridized carbons (Fsp3) is 0.188. The highest BCUT2D eigenvalue weighted by atomic mass is 16.5. The minimum atomic E-state index is -0.350. The first kappa shape index (κ1) is 15.8. The van der Waals surface area contributed by atoms with Gasteiger partial charge in [0.15, 0.2) is 11.5 Å². The molecule has 3 aromatic rings. The van der Waals surface area contributed by atoms with Crippen LogP contribution in [0, 0.1) is 0 Å². The summed E-state index contributed by atoms with van der Waals surface area (Å²) in [7, 11) is 1.62. The molecule has 0 aliphatic heterocycles. The molecule has 0 fully saturated rings. The molecule has 0 saturated heterocycles. The molecule has 124 valence electrons. The molecule has 2 aromatic heterocycles. The predicted molar refractivity (Wildman–Crippen MR) is 91.1 cm³/mol. The van der Waals surface area contributed by atoms with Crippen LogP contribution in [0.1, 0.15) is 0 Å². The fourth-order valence-corrected chi connectivity index (χ4v) is 2.22. The molecule has 0 bridgehead atoms. The quantitative estimate of drug-likeness (QED) is 0.658. The van der Waals surface area contributed by atoms with Crippen LogP contribution in [0.25, 0.3) is 16.9 Å². The Labute approximate surface area is 138 Å². The van der Waals surface area contributed by atoms with Crippen molar-refractivity contribution in [2.75, 3.05) is 25.5 Å². The van der Waals surface area contributed by atoms with Crippen molar-refractivity contribution in [3.63, 3.8) is 0 Å². The SMILES string of the molecule is COc1cccc(-c2ccc3nc(NC(=O)NCCN)cn3n2)c1. The van der Waals surface area contributed by atoms with Gasteiger partial charge in [-0.05, 0) is 24.3 Å². The second-order valence-corrected chi connectivity index (χ2v) is 5.05. The molecule has 1 aromatic carbocycles. The zero-order valence-electron chi connectivity index (χ0n) is 13.2. The van der Waals surface area contributed by atoms with Gasteiger partial charge in [0.2, 0.25) is 0 Å². The van der Waals surface area contributed by atoms with E-state index in [1.807, 2.05) is 36.4 Å². The lowest BCUT2D eigenvalue weighted by molar-refractivity contribution is 0.252. The number of hydrogen-bond acceptors (Lipinski definition) is 5. The largest absolute Gasteiger partial charge is 0.497 e. The van der Waals surface area contributed by atoms with Gasteiger partial charge in [-0.2, -0.15) is 5.10 Å². The summed E-state index contributed by atoms with van der Waals surface area (Å²) in [5, 5.41) is 9.78. The molecule has 0 aliphatic carbocycles. The van der Waals surface area contributed by atoms with Crippen LogP contribution in [0.5, 0.6) is 5.75 Å². The van der Waals surface area contributed by atoms with E-state index in [9.17, 15) is 4.79 Å². The zero-order valence-corrected chi connectivity index (χ0v) is 13.2. The van der Waals surface area contributed by atoms with Gasteiger partial charge in [-0.15, -0.1) is 0 Å². The van der Waals surface area contributed by atoms with Crippen molar-refractivity contribution >= 4 is 17.5 Å². The zero-order chi connectivity index (χ0) is 16.9. The molecule has 0 radical (unpaired) electrons. The van der Waals surface area contributed by atoms with E-state index in [0.29, 0.717) is 24.6 Å². The number of methoxy groups -OCH3 is 1. The van der Waals surface area contributed by atoms with Gasteiger partial charge in [0.05, 0.1) is 19.0 Å². The molecule has 0 aliphatic rings. The molecular formula is C16H18N6O2. The van der Waals surface area contributed by atoms with E-state index in [-0.39, 0.29) is 6.03 Å². The summed E-state index contributed by atoms with van der Waals surface area (Å²) in [6.07, 6.45) is 1.65. The summed E-state index contributed by atoms with van der Waals surface area (Å²) in [6, 6.07) is 11.0. The maximum absolute atomic E-state index is 11.6. The normalized spacial score (nSPS) is 10.6. The van der Waals surface area contributed by atoms with Crippen LogP contribution >= 0.6 is 0 Å². The Bertz CT molecular complexity index is 861. The smallest absolute Gasteiger partial charge is 0.320 e. The van der Waals surface area contributed by atoms with Crippen LogP contribution < -0.4 is 21.1 Å². The van der Waals surface area contributed by atoms with Crippen molar-refractivity contribution in [2.24, 2.45) is 5.73 Å². The maximum Gasteiger partial charge on any atom is 0.320 e. The van der Waals surface area contributed by atoms with Crippen molar-refractivity contribution in [1.29, 1.82) is 0 Å². The number of hydrogen-bond donors (Lipinski definition) is 3. The highest BCUT2D eigenvalue weighted by molar-refractivity contribution is 5.88. The van der Waals surface area contributed by atoms with Gasteiger partial charge < -0.3 is 15.8 Å². The highest BCUT2D eigenvalue weighted by Gasteiger charge is 2.08. The van der Waals surface area contributed by atoms with Crippen LogP contribution in [0.15, 0.2) is 42.6 Å². The molecule has 0 saturated carbocycles. The summed E-state index contributed by atoms with van der Waals surface area (Å²) >= 11 is 0. The molecule has 3 rings (SSSR count). The van der Waals surface area contributed by atoms with Gasteiger partial charge in [0, 0.05) is 18.7 Å². The second-order valence-electron chi connectivity index (χ2n) is 5.05. The van der Waals surface area contributed by atoms with Gasteiger partial charge in [-0.3, -0.25) is 5.32 Å². The summed E-state index contributed by atoms with van der Waals surface area (Å²) in [5.41, 5.74) is 7.68. The monoisotopic (exact) mass is 326 g/mol. The number of carbonyl (C=O) groups is 1. The second kappa shape index (κ2) is 6.97. The Morgan fingerprint density at radius 1 is 1.33 bits per heavy atom. The van der Waals surface area contributed by atoms with E-state index in [2.05, 4.69) is 20.7 Å². The minimum absolute atomic E-state index is 0.350. The third kappa shape index (κ3) is 3.44. The molecule has 8 heteroatoms. The number of benzene rings is 1. The van der Waals surface area contributed by atoms with Gasteiger partial charge in [0.25, 0.3) is 0 Å². The Kier molecular flexibility index (Phi) is 4.57. The summed E-state index contributed by atoms with van der Waals surface area (Å²) < 4.78 is 6.85. The lowest BCUT2D eigenvalue weighted by Gasteiger charge is -2.04. The van der Waals surface area contributed by atoms with Crippen molar-refractivity contribution in [1.82, 2.24) is 19.9 Å². The first-order valence-electron chi connectivity index (χ1n) is 7.45. The Balaban J connectivity index is 1.84. The highest BCUT2D eigenvalue weighted by Crippen LogP contribution is 2.22. The van der Waals surface area contributed by atoms with Crippen LogP contribution in [-0.4, -0.2) is 40.8 Å². The Hall–Kier alpha value is -3.13. The van der Waals surface area contributed by atoms with Crippen molar-refractivity contribution in [2.45, 2.75) is 0 Å². The lowest BCUT2D eigenvalue weighted by atomic mass is 10.1. The van der Waals surface area contributed by atoms with E-state index >= 15 is 0 Å². The summed E-state index contributed by atoms with van der Waals surface area (Å²) in [4.78, 5) is 15.9. The Morgan fingerprint density at radius 3 is 3.00 bits per heavy atom. The van der Waals surface area contributed by atoms with Gasteiger partial charge in [0.1, 0.15) is 5.75 Å². The first-order valence-corrected chi connectivity index (χ1v) is 7.45. The van der Waals surface area contributed by atoms with Crippen LogP contribution in [0.3, 0.4) is 0 Å². The number of amides is 2. The van der Waals surface area contributed by atoms with Crippen molar-refractivity contribution < 1.29 is 9.53 Å². The number of fused-ring (bicyclic) bond motifs is 1. The number of nitrogens with zero attached hydrogens (tertiary/aromatic N) is 3. The van der Waals surface area contributed by atoms with E-state index in [1.54, 1.807) is 17.8 Å². The standard InChI is InChI=1S/C16H18N6O2/c1-24-12-4-2-3-11(9-12)13-5-6-15-19-14(10-22(15)21-13)20-16(23)18-8-7-17/h2-6,9-10H,7-8,17H2,1H3,(H2,18,20,23). The molecule has 4 N–H and O–H groups in total. The number of aromatic nitrogens is 3. The number of anilines is 1. The number of rotatable bonds is 5. The van der Waals surface area contributed by atoms with Crippen LogP contribution in [-0.2, 0) is 0 Å².